The van der Waals surface area contributed by atoms with Crippen LogP contribution in [0.4, 0.5) is 0 Å². The Bertz CT molecular complexity index is 667. The van der Waals surface area contributed by atoms with Gasteiger partial charge in [-0.2, -0.15) is 0 Å². The van der Waals surface area contributed by atoms with E-state index in [9.17, 15) is 4.79 Å². The normalized spacial score (nSPS) is 28.2. The van der Waals surface area contributed by atoms with Crippen molar-refractivity contribution >= 4 is 17.2 Å². The van der Waals surface area contributed by atoms with Gasteiger partial charge in [0.25, 0.3) is 0 Å². The van der Waals surface area contributed by atoms with Gasteiger partial charge in [-0.15, -0.1) is 11.3 Å². The maximum Gasteiger partial charge on any atom is 0.223 e. The Morgan fingerprint density at radius 1 is 1.07 bits per heavy atom. The molecule has 27 heavy (non-hydrogen) atoms. The lowest BCUT2D eigenvalue weighted by atomic mass is 9.84. The number of rotatable bonds is 4. The quantitative estimate of drug-likeness (QED) is 0.750. The first kappa shape index (κ1) is 19.4. The minimum Gasteiger partial charge on any atom is -0.337 e. The van der Waals surface area contributed by atoms with Crippen molar-refractivity contribution in [1.29, 1.82) is 0 Å². The number of hydrogen-bond acceptors (Lipinski definition) is 4. The number of aryl methyl sites for hydroxylation is 2. The second kappa shape index (κ2) is 8.20. The van der Waals surface area contributed by atoms with Crippen LogP contribution >= 0.6 is 11.3 Å². The number of carbonyl (C=O) groups excluding carboxylic acids is 1. The van der Waals surface area contributed by atoms with Gasteiger partial charge < -0.3 is 4.90 Å². The van der Waals surface area contributed by atoms with E-state index in [2.05, 4.69) is 28.6 Å². The Morgan fingerprint density at radius 3 is 2.63 bits per heavy atom. The summed E-state index contributed by atoms with van der Waals surface area (Å²) in [6.07, 6.45) is 12.2. The maximum atomic E-state index is 12.8. The molecule has 1 aliphatic carbocycles. The zero-order chi connectivity index (χ0) is 18.9. The maximum absolute atomic E-state index is 12.8. The predicted molar refractivity (Wildman–Crippen MR) is 111 cm³/mol. The molecule has 0 radical (unpaired) electrons. The summed E-state index contributed by atoms with van der Waals surface area (Å²) in [6, 6.07) is 0. The molecule has 3 heterocycles. The average molecular weight is 390 g/mol. The SMILES string of the molecule is Cc1nc(C)c(CN2CCC[C@]3(CCC(=O)N3CC3CCCCC3)CC2)s1. The van der Waals surface area contributed by atoms with Gasteiger partial charge in [-0.05, 0) is 64.8 Å². The fraction of sp³-hybridized carbons (Fsp3) is 0.818. The number of nitrogens with zero attached hydrogens (tertiary/aromatic N) is 3. The molecule has 4 nitrogen and oxygen atoms in total. The van der Waals surface area contributed by atoms with E-state index in [1.165, 1.54) is 60.5 Å². The van der Waals surface area contributed by atoms with Gasteiger partial charge in [0.1, 0.15) is 0 Å². The second-order valence-corrected chi connectivity index (χ2v) is 10.4. The summed E-state index contributed by atoms with van der Waals surface area (Å²) < 4.78 is 0. The molecule has 1 saturated carbocycles. The van der Waals surface area contributed by atoms with Crippen molar-refractivity contribution in [2.75, 3.05) is 19.6 Å². The molecule has 3 fully saturated rings. The first-order chi connectivity index (χ1) is 13.1. The Balaban J connectivity index is 1.41. The fourth-order valence-electron chi connectivity index (χ4n) is 5.63. The van der Waals surface area contributed by atoms with E-state index in [1.807, 2.05) is 11.3 Å². The van der Waals surface area contributed by atoms with Crippen molar-refractivity contribution in [2.24, 2.45) is 5.92 Å². The van der Waals surface area contributed by atoms with Crippen LogP contribution in [0.3, 0.4) is 0 Å². The van der Waals surface area contributed by atoms with E-state index < -0.39 is 0 Å². The molecule has 2 aliphatic heterocycles. The van der Waals surface area contributed by atoms with Gasteiger partial charge in [0, 0.05) is 36.5 Å². The monoisotopic (exact) mass is 389 g/mol. The third kappa shape index (κ3) is 4.24. The second-order valence-electron chi connectivity index (χ2n) is 9.10. The van der Waals surface area contributed by atoms with Gasteiger partial charge in [0.05, 0.1) is 10.7 Å². The van der Waals surface area contributed by atoms with Crippen LogP contribution in [0.2, 0.25) is 0 Å². The van der Waals surface area contributed by atoms with E-state index in [1.54, 1.807) is 0 Å². The lowest BCUT2D eigenvalue weighted by Gasteiger charge is -2.41. The molecular formula is C22H35N3OS. The van der Waals surface area contributed by atoms with Crippen molar-refractivity contribution in [2.45, 2.75) is 90.1 Å². The highest BCUT2D eigenvalue weighted by molar-refractivity contribution is 7.11. The third-order valence-electron chi connectivity index (χ3n) is 7.22. The molecule has 0 bridgehead atoms. The molecule has 1 atom stereocenters. The molecule has 0 N–H and O–H groups in total. The van der Waals surface area contributed by atoms with Crippen LogP contribution < -0.4 is 0 Å². The number of hydrogen-bond donors (Lipinski definition) is 0. The number of likely N-dealkylation sites (tertiary alicyclic amines) is 2. The highest BCUT2D eigenvalue weighted by atomic mass is 32.1. The summed E-state index contributed by atoms with van der Waals surface area (Å²) in [5, 5.41) is 1.17. The van der Waals surface area contributed by atoms with Crippen molar-refractivity contribution < 1.29 is 4.79 Å². The zero-order valence-electron chi connectivity index (χ0n) is 17.1. The van der Waals surface area contributed by atoms with E-state index in [-0.39, 0.29) is 5.54 Å². The van der Waals surface area contributed by atoms with Gasteiger partial charge in [-0.1, -0.05) is 19.3 Å². The van der Waals surface area contributed by atoms with Crippen LogP contribution in [0.5, 0.6) is 0 Å². The summed E-state index contributed by atoms with van der Waals surface area (Å²) in [5.41, 5.74) is 1.36. The molecule has 1 spiro atoms. The summed E-state index contributed by atoms with van der Waals surface area (Å²) in [4.78, 5) is 23.7. The topological polar surface area (TPSA) is 36.4 Å². The highest BCUT2D eigenvalue weighted by Gasteiger charge is 2.46. The van der Waals surface area contributed by atoms with E-state index in [0.29, 0.717) is 5.91 Å². The summed E-state index contributed by atoms with van der Waals surface area (Å²) in [7, 11) is 0. The molecule has 1 amide bonds. The zero-order valence-corrected chi connectivity index (χ0v) is 18.0. The Labute approximate surface area is 168 Å². The molecule has 2 saturated heterocycles. The number of thiazole rings is 1. The third-order valence-corrected chi connectivity index (χ3v) is 8.28. The molecule has 3 aliphatic rings. The molecule has 0 unspecified atom stereocenters. The summed E-state index contributed by atoms with van der Waals surface area (Å²) in [5.74, 6) is 1.18. The van der Waals surface area contributed by atoms with Crippen molar-refractivity contribution in [1.82, 2.24) is 14.8 Å². The first-order valence-electron chi connectivity index (χ1n) is 11.0. The van der Waals surface area contributed by atoms with Gasteiger partial charge in [-0.25, -0.2) is 4.98 Å². The molecule has 1 aromatic rings. The molecular weight excluding hydrogens is 354 g/mol. The number of carbonyl (C=O) groups is 1. The van der Waals surface area contributed by atoms with Crippen LogP contribution in [0.1, 0.15) is 79.8 Å². The molecule has 1 aromatic heterocycles. The lowest BCUT2D eigenvalue weighted by molar-refractivity contribution is -0.132. The van der Waals surface area contributed by atoms with E-state index >= 15 is 0 Å². The lowest BCUT2D eigenvalue weighted by Crippen LogP contribution is -2.48. The van der Waals surface area contributed by atoms with Crippen LogP contribution in [-0.4, -0.2) is 45.9 Å². The molecule has 4 rings (SSSR count). The highest BCUT2D eigenvalue weighted by Crippen LogP contribution is 2.41. The fourth-order valence-corrected chi connectivity index (χ4v) is 6.61. The van der Waals surface area contributed by atoms with Crippen molar-refractivity contribution in [3.63, 3.8) is 0 Å². The molecule has 5 heteroatoms. The molecule has 150 valence electrons. The van der Waals surface area contributed by atoms with Crippen LogP contribution in [0, 0.1) is 19.8 Å². The smallest absolute Gasteiger partial charge is 0.223 e. The average Bonchev–Trinajstić information content (AvgIpc) is 3.04. The summed E-state index contributed by atoms with van der Waals surface area (Å²) >= 11 is 1.85. The van der Waals surface area contributed by atoms with E-state index in [0.717, 1.165) is 51.4 Å². The van der Waals surface area contributed by atoms with Crippen LogP contribution in [0.15, 0.2) is 0 Å². The van der Waals surface area contributed by atoms with Crippen molar-refractivity contribution in [3.05, 3.63) is 15.6 Å². The van der Waals surface area contributed by atoms with Gasteiger partial charge >= 0.3 is 0 Å². The first-order valence-corrected chi connectivity index (χ1v) is 11.8. The number of aromatic nitrogens is 1. The van der Waals surface area contributed by atoms with Gasteiger partial charge in [0.15, 0.2) is 0 Å². The minimum absolute atomic E-state index is 0.155. The van der Waals surface area contributed by atoms with Crippen LogP contribution in [0.25, 0.3) is 0 Å². The largest absolute Gasteiger partial charge is 0.337 e. The Kier molecular flexibility index (Phi) is 5.89. The number of amides is 1. The predicted octanol–water partition coefficient (Wildman–Crippen LogP) is 4.69. The summed E-state index contributed by atoms with van der Waals surface area (Å²) in [6.45, 7) is 8.58. The van der Waals surface area contributed by atoms with Crippen LogP contribution in [-0.2, 0) is 11.3 Å². The molecule has 0 aromatic carbocycles. The standard InChI is InChI=1S/C22H35N3OS/c1-17-20(27-18(2)23-17)16-24-13-6-10-22(12-14-24)11-9-21(26)25(22)15-19-7-4-3-5-8-19/h19H,3-16H2,1-2H3/t22-/m0/s1. The van der Waals surface area contributed by atoms with Gasteiger partial charge in [0.2, 0.25) is 5.91 Å². The van der Waals surface area contributed by atoms with Gasteiger partial charge in [-0.3, -0.25) is 9.69 Å². The van der Waals surface area contributed by atoms with E-state index in [4.69, 9.17) is 0 Å². The Morgan fingerprint density at radius 2 is 1.89 bits per heavy atom. The minimum atomic E-state index is 0.155. The Hall–Kier alpha value is -0.940. The van der Waals surface area contributed by atoms with Crippen molar-refractivity contribution in [3.8, 4) is 0 Å².